The van der Waals surface area contributed by atoms with Crippen molar-refractivity contribution in [3.8, 4) is 0 Å². The maximum atomic E-state index is 12.7. The van der Waals surface area contributed by atoms with Crippen LogP contribution in [0.5, 0.6) is 0 Å². The number of rotatable bonds is 5. The molecule has 25 heavy (non-hydrogen) atoms. The zero-order valence-electron chi connectivity index (χ0n) is 14.7. The number of carbonyl (C=O) groups is 3. The van der Waals surface area contributed by atoms with Gasteiger partial charge in [-0.1, -0.05) is 6.07 Å². The Balaban J connectivity index is 2.01. The van der Waals surface area contributed by atoms with E-state index in [-0.39, 0.29) is 24.3 Å². The maximum Gasteiger partial charge on any atom is 0.321 e. The van der Waals surface area contributed by atoms with Crippen LogP contribution in [0.15, 0.2) is 24.3 Å². The molecule has 2 N–H and O–H groups in total. The number of hydrogen-bond donors (Lipinski definition) is 2. The minimum Gasteiger partial charge on any atom is -0.481 e. The molecule has 1 aliphatic rings. The number of likely N-dealkylation sites (tertiary alicyclic amines) is 1. The summed E-state index contributed by atoms with van der Waals surface area (Å²) in [4.78, 5) is 38.4. The Hall–Kier alpha value is -2.57. The van der Waals surface area contributed by atoms with Gasteiger partial charge in [0, 0.05) is 44.9 Å². The third-order valence-corrected chi connectivity index (χ3v) is 4.34. The summed E-state index contributed by atoms with van der Waals surface area (Å²) in [6, 6.07) is 6.63. The lowest BCUT2D eigenvalue weighted by Gasteiger charge is -2.32. The molecule has 1 aromatic rings. The Labute approximate surface area is 147 Å². The van der Waals surface area contributed by atoms with Crippen LogP contribution in [0.3, 0.4) is 0 Å². The summed E-state index contributed by atoms with van der Waals surface area (Å²) in [6.45, 7) is 1.26. The second-order valence-electron chi connectivity index (χ2n) is 6.60. The van der Waals surface area contributed by atoms with Crippen molar-refractivity contribution in [2.24, 2.45) is 5.92 Å². The molecule has 1 heterocycles. The minimum absolute atomic E-state index is 0.0824. The van der Waals surface area contributed by atoms with Crippen LogP contribution >= 0.6 is 0 Å². The van der Waals surface area contributed by atoms with Gasteiger partial charge >= 0.3 is 12.0 Å². The number of benzene rings is 1. The van der Waals surface area contributed by atoms with Crippen molar-refractivity contribution in [1.82, 2.24) is 9.80 Å². The fourth-order valence-electron chi connectivity index (χ4n) is 2.96. The fourth-order valence-corrected chi connectivity index (χ4v) is 2.96. The predicted octanol–water partition coefficient (Wildman–Crippen LogP) is 2.50. The van der Waals surface area contributed by atoms with Crippen LogP contribution in [0.1, 0.15) is 36.0 Å². The normalized spacial score (nSPS) is 17.0. The van der Waals surface area contributed by atoms with E-state index in [1.807, 2.05) is 0 Å². The van der Waals surface area contributed by atoms with Gasteiger partial charge in [0.25, 0.3) is 5.91 Å². The van der Waals surface area contributed by atoms with Gasteiger partial charge in [-0.05, 0) is 43.4 Å². The number of carbonyl (C=O) groups excluding carboxylic acids is 2. The number of piperidine rings is 1. The summed E-state index contributed by atoms with van der Waals surface area (Å²) in [5.41, 5.74) is 1.10. The molecule has 7 heteroatoms. The van der Waals surface area contributed by atoms with Crippen LogP contribution in [0.4, 0.5) is 10.5 Å². The number of nitrogens with one attached hydrogen (secondary N) is 1. The Morgan fingerprint density at radius 2 is 2.08 bits per heavy atom. The number of amides is 3. The van der Waals surface area contributed by atoms with Crippen molar-refractivity contribution in [3.05, 3.63) is 29.8 Å². The molecule has 1 fully saturated rings. The van der Waals surface area contributed by atoms with E-state index in [4.69, 9.17) is 5.11 Å². The summed E-state index contributed by atoms with van der Waals surface area (Å²) < 4.78 is 0. The molecule has 1 unspecified atom stereocenters. The van der Waals surface area contributed by atoms with Crippen LogP contribution < -0.4 is 5.32 Å². The average Bonchev–Trinajstić information content (AvgIpc) is 2.59. The van der Waals surface area contributed by atoms with Crippen LogP contribution in [0.2, 0.25) is 0 Å². The third kappa shape index (κ3) is 5.48. The van der Waals surface area contributed by atoms with E-state index in [1.54, 1.807) is 43.3 Å². The highest BCUT2D eigenvalue weighted by molar-refractivity contribution is 5.96. The average molecular weight is 347 g/mol. The molecule has 0 saturated carbocycles. The van der Waals surface area contributed by atoms with Crippen LogP contribution in [-0.2, 0) is 4.79 Å². The van der Waals surface area contributed by atoms with E-state index >= 15 is 0 Å². The van der Waals surface area contributed by atoms with Gasteiger partial charge < -0.3 is 20.2 Å². The fraction of sp³-hybridized carbons (Fsp3) is 0.500. The molecule has 0 spiro atoms. The molecule has 3 amide bonds. The first-order valence-corrected chi connectivity index (χ1v) is 8.46. The van der Waals surface area contributed by atoms with Crippen LogP contribution in [-0.4, -0.2) is 60.0 Å². The van der Waals surface area contributed by atoms with Crippen molar-refractivity contribution in [2.75, 3.05) is 32.5 Å². The van der Waals surface area contributed by atoms with Gasteiger partial charge in [-0.25, -0.2) is 4.79 Å². The second-order valence-corrected chi connectivity index (χ2v) is 6.60. The van der Waals surface area contributed by atoms with E-state index in [2.05, 4.69) is 5.32 Å². The molecule has 1 saturated heterocycles. The van der Waals surface area contributed by atoms with E-state index in [9.17, 15) is 14.4 Å². The van der Waals surface area contributed by atoms with Crippen molar-refractivity contribution in [2.45, 2.75) is 25.7 Å². The first-order chi connectivity index (χ1) is 11.9. The minimum atomic E-state index is -0.798. The highest BCUT2D eigenvalue weighted by Gasteiger charge is 2.25. The monoisotopic (exact) mass is 347 g/mol. The van der Waals surface area contributed by atoms with E-state index in [1.165, 1.54) is 4.90 Å². The number of carboxylic acids is 1. The number of carboxylic acid groups (broad SMARTS) is 1. The Kier molecular flexibility index (Phi) is 6.38. The van der Waals surface area contributed by atoms with Crippen molar-refractivity contribution in [3.63, 3.8) is 0 Å². The van der Waals surface area contributed by atoms with E-state index in [0.717, 1.165) is 12.8 Å². The van der Waals surface area contributed by atoms with Crippen molar-refractivity contribution < 1.29 is 19.5 Å². The molecular weight excluding hydrogens is 322 g/mol. The Bertz CT molecular complexity index is 645. The van der Waals surface area contributed by atoms with Gasteiger partial charge in [0.1, 0.15) is 0 Å². The number of aliphatic carboxylic acids is 1. The van der Waals surface area contributed by atoms with Gasteiger partial charge in [0.15, 0.2) is 0 Å². The summed E-state index contributed by atoms with van der Waals surface area (Å²) in [5, 5.41) is 11.6. The first-order valence-electron chi connectivity index (χ1n) is 8.46. The third-order valence-electron chi connectivity index (χ3n) is 4.34. The molecule has 1 aromatic carbocycles. The van der Waals surface area contributed by atoms with Gasteiger partial charge in [-0.3, -0.25) is 9.59 Å². The lowest BCUT2D eigenvalue weighted by molar-refractivity contribution is -0.137. The quantitative estimate of drug-likeness (QED) is 0.856. The van der Waals surface area contributed by atoms with Crippen LogP contribution in [0, 0.1) is 5.92 Å². The number of hydrogen-bond acceptors (Lipinski definition) is 3. The Morgan fingerprint density at radius 3 is 2.76 bits per heavy atom. The smallest absolute Gasteiger partial charge is 0.321 e. The zero-order chi connectivity index (χ0) is 18.4. The van der Waals surface area contributed by atoms with E-state index in [0.29, 0.717) is 30.8 Å². The second kappa shape index (κ2) is 8.50. The maximum absolute atomic E-state index is 12.7. The largest absolute Gasteiger partial charge is 0.481 e. The highest BCUT2D eigenvalue weighted by atomic mass is 16.4. The SMILES string of the molecule is CN(C)C(=O)Nc1cccc(C(=O)N2CCCC(CCC(=O)O)C2)c1. The number of urea groups is 1. The number of nitrogens with zero attached hydrogens (tertiary/aromatic N) is 2. The summed E-state index contributed by atoms with van der Waals surface area (Å²) in [6.07, 6.45) is 2.57. The topological polar surface area (TPSA) is 90.0 Å². The van der Waals surface area contributed by atoms with Gasteiger partial charge in [0.05, 0.1) is 0 Å². The number of anilines is 1. The van der Waals surface area contributed by atoms with Gasteiger partial charge in [-0.15, -0.1) is 0 Å². The first kappa shape index (κ1) is 18.8. The standard InChI is InChI=1S/C18H25N3O4/c1-20(2)18(25)19-15-7-3-6-14(11-15)17(24)21-10-4-5-13(12-21)8-9-16(22)23/h3,6-7,11,13H,4-5,8-10,12H2,1-2H3,(H,19,25)(H,22,23). The lowest BCUT2D eigenvalue weighted by atomic mass is 9.93. The molecular formula is C18H25N3O4. The molecule has 1 atom stereocenters. The molecule has 0 bridgehead atoms. The van der Waals surface area contributed by atoms with Gasteiger partial charge in [-0.2, -0.15) is 0 Å². The van der Waals surface area contributed by atoms with Crippen LogP contribution in [0.25, 0.3) is 0 Å². The summed E-state index contributed by atoms with van der Waals surface area (Å²) >= 11 is 0. The Morgan fingerprint density at radius 1 is 1.32 bits per heavy atom. The molecule has 7 nitrogen and oxygen atoms in total. The predicted molar refractivity (Wildman–Crippen MR) is 94.6 cm³/mol. The molecule has 0 aromatic heterocycles. The molecule has 1 aliphatic heterocycles. The zero-order valence-corrected chi connectivity index (χ0v) is 14.7. The van der Waals surface area contributed by atoms with Crippen molar-refractivity contribution >= 4 is 23.6 Å². The van der Waals surface area contributed by atoms with Gasteiger partial charge in [0.2, 0.25) is 0 Å². The molecule has 2 rings (SSSR count). The van der Waals surface area contributed by atoms with Crippen molar-refractivity contribution in [1.29, 1.82) is 0 Å². The van der Waals surface area contributed by atoms with E-state index < -0.39 is 5.97 Å². The molecule has 136 valence electrons. The molecule has 0 radical (unpaired) electrons. The lowest BCUT2D eigenvalue weighted by Crippen LogP contribution is -2.40. The molecule has 0 aliphatic carbocycles. The highest BCUT2D eigenvalue weighted by Crippen LogP contribution is 2.23. The summed E-state index contributed by atoms with van der Waals surface area (Å²) in [7, 11) is 3.30. The summed E-state index contributed by atoms with van der Waals surface area (Å²) in [5.74, 6) is -0.654.